The Kier molecular flexibility index (Phi) is 4.10. The van der Waals surface area contributed by atoms with Gasteiger partial charge in [-0.1, -0.05) is 15.9 Å². The number of thiophene rings is 1. The molecule has 0 aromatic carbocycles. The van der Waals surface area contributed by atoms with E-state index < -0.39 is 10.0 Å². The Hall–Kier alpha value is -0.440. The smallest absolute Gasteiger partial charge is 0.263 e. The maximum absolute atomic E-state index is 12.2. The van der Waals surface area contributed by atoms with Crippen molar-refractivity contribution in [3.8, 4) is 0 Å². The Labute approximate surface area is 126 Å². The van der Waals surface area contributed by atoms with Crippen LogP contribution < -0.4 is 4.72 Å². The molecule has 0 fully saturated rings. The van der Waals surface area contributed by atoms with Crippen LogP contribution in [-0.2, 0) is 10.0 Å². The summed E-state index contributed by atoms with van der Waals surface area (Å²) in [4.78, 5) is 4.95. The summed E-state index contributed by atoms with van der Waals surface area (Å²) in [6.07, 6.45) is 1.53. The van der Waals surface area contributed by atoms with Crippen molar-refractivity contribution in [2.75, 3.05) is 4.72 Å². The summed E-state index contributed by atoms with van der Waals surface area (Å²) >= 11 is 7.92. The number of rotatable bonds is 3. The molecule has 0 atom stereocenters. The lowest BCUT2D eigenvalue weighted by Gasteiger charge is -2.06. The van der Waals surface area contributed by atoms with Crippen LogP contribution in [0.4, 0.5) is 5.82 Å². The summed E-state index contributed by atoms with van der Waals surface area (Å²) in [6, 6.07) is 4.92. The Balaban J connectivity index is 2.36. The molecule has 96 valence electrons. The highest BCUT2D eigenvalue weighted by atomic mass is 79.9. The van der Waals surface area contributed by atoms with E-state index in [1.54, 1.807) is 25.1 Å². The summed E-state index contributed by atoms with van der Waals surface area (Å²) < 4.78 is 28.3. The van der Waals surface area contributed by atoms with E-state index >= 15 is 0 Å². The fourth-order valence-corrected chi connectivity index (χ4v) is 5.10. The van der Waals surface area contributed by atoms with Gasteiger partial charge in [-0.25, -0.2) is 13.4 Å². The van der Waals surface area contributed by atoms with Crippen LogP contribution in [0.1, 0.15) is 4.88 Å². The molecule has 0 saturated heterocycles. The van der Waals surface area contributed by atoms with E-state index in [9.17, 15) is 8.42 Å². The van der Waals surface area contributed by atoms with Crippen LogP contribution in [0.2, 0.25) is 0 Å². The number of nitrogens with one attached hydrogen (secondary N) is 1. The number of aromatic nitrogens is 1. The van der Waals surface area contributed by atoms with Crippen LogP contribution in [-0.4, -0.2) is 13.4 Å². The van der Waals surface area contributed by atoms with Crippen LogP contribution in [0.15, 0.2) is 37.6 Å². The molecule has 0 spiro atoms. The van der Waals surface area contributed by atoms with E-state index in [0.717, 1.165) is 13.1 Å². The number of nitrogens with zero attached hydrogens (tertiary/aromatic N) is 1. The van der Waals surface area contributed by atoms with Crippen LogP contribution in [0, 0.1) is 6.92 Å². The Morgan fingerprint density at radius 1 is 1.33 bits per heavy atom. The normalized spacial score (nSPS) is 11.5. The molecule has 2 aromatic rings. The standard InChI is InChI=1S/C10H8Br2N2O2S2/c1-6-8(5-9(12)17-6)18(15,16)14-10-4-7(11)2-3-13-10/h2-5H,1H3,(H,13,14). The van der Waals surface area contributed by atoms with Crippen molar-refractivity contribution in [1.82, 2.24) is 4.98 Å². The topological polar surface area (TPSA) is 59.1 Å². The second-order valence-corrected chi connectivity index (χ2v) is 8.64. The van der Waals surface area contributed by atoms with Crippen LogP contribution in [0.3, 0.4) is 0 Å². The summed E-state index contributed by atoms with van der Waals surface area (Å²) in [5, 5.41) is 0. The van der Waals surface area contributed by atoms with E-state index in [0.29, 0.717) is 0 Å². The van der Waals surface area contributed by atoms with Crippen molar-refractivity contribution in [2.24, 2.45) is 0 Å². The van der Waals surface area contributed by atoms with E-state index in [2.05, 4.69) is 41.6 Å². The van der Waals surface area contributed by atoms with Crippen molar-refractivity contribution >= 4 is 59.0 Å². The predicted octanol–water partition coefficient (Wildman–Crippen LogP) is 3.78. The van der Waals surface area contributed by atoms with Gasteiger partial charge in [0.15, 0.2) is 0 Å². The molecule has 0 aliphatic rings. The zero-order chi connectivity index (χ0) is 13.3. The molecule has 0 amide bonds. The number of aryl methyl sites for hydroxylation is 1. The van der Waals surface area contributed by atoms with Gasteiger partial charge in [0.2, 0.25) is 0 Å². The lowest BCUT2D eigenvalue weighted by molar-refractivity contribution is 0.601. The first kappa shape index (κ1) is 14.0. The third kappa shape index (κ3) is 3.11. The highest BCUT2D eigenvalue weighted by molar-refractivity contribution is 9.11. The number of hydrogen-bond donors (Lipinski definition) is 1. The minimum absolute atomic E-state index is 0.265. The van der Waals surface area contributed by atoms with Gasteiger partial charge in [-0.15, -0.1) is 11.3 Å². The molecule has 2 heterocycles. The third-order valence-electron chi connectivity index (χ3n) is 2.09. The molecule has 0 unspecified atom stereocenters. The van der Waals surface area contributed by atoms with E-state index in [-0.39, 0.29) is 10.7 Å². The highest BCUT2D eigenvalue weighted by Crippen LogP contribution is 2.30. The van der Waals surface area contributed by atoms with E-state index in [1.807, 2.05) is 0 Å². The van der Waals surface area contributed by atoms with Crippen LogP contribution in [0.5, 0.6) is 0 Å². The Morgan fingerprint density at radius 2 is 2.06 bits per heavy atom. The summed E-state index contributed by atoms with van der Waals surface area (Å²) in [6.45, 7) is 1.76. The fourth-order valence-electron chi connectivity index (χ4n) is 1.35. The number of halogens is 2. The average molecular weight is 412 g/mol. The molecular weight excluding hydrogens is 404 g/mol. The average Bonchev–Trinajstić information content (AvgIpc) is 2.58. The molecule has 1 N–H and O–H groups in total. The Morgan fingerprint density at radius 3 is 2.61 bits per heavy atom. The third-order valence-corrected chi connectivity index (χ3v) is 5.75. The maximum Gasteiger partial charge on any atom is 0.264 e. The molecule has 0 bridgehead atoms. The molecule has 2 rings (SSSR count). The number of hydrogen-bond acceptors (Lipinski definition) is 4. The second-order valence-electron chi connectivity index (χ2n) is 3.44. The number of sulfonamides is 1. The first-order valence-electron chi connectivity index (χ1n) is 4.79. The van der Waals surface area contributed by atoms with Crippen molar-refractivity contribution < 1.29 is 8.42 Å². The first-order valence-corrected chi connectivity index (χ1v) is 8.67. The van der Waals surface area contributed by atoms with E-state index in [1.165, 1.54) is 17.5 Å². The first-order chi connectivity index (χ1) is 8.38. The molecular formula is C10H8Br2N2O2S2. The zero-order valence-corrected chi connectivity index (χ0v) is 14.0. The van der Waals surface area contributed by atoms with Crippen molar-refractivity contribution in [2.45, 2.75) is 11.8 Å². The number of pyridine rings is 1. The van der Waals surface area contributed by atoms with E-state index in [4.69, 9.17) is 0 Å². The SMILES string of the molecule is Cc1sc(Br)cc1S(=O)(=O)Nc1cc(Br)ccn1. The van der Waals surface area contributed by atoms with Crippen molar-refractivity contribution in [3.63, 3.8) is 0 Å². The van der Waals surface area contributed by atoms with Gasteiger partial charge in [0.05, 0.1) is 3.79 Å². The molecule has 0 radical (unpaired) electrons. The highest BCUT2D eigenvalue weighted by Gasteiger charge is 2.20. The van der Waals surface area contributed by atoms with Crippen molar-refractivity contribution in [3.05, 3.63) is 37.5 Å². The fraction of sp³-hybridized carbons (Fsp3) is 0.100. The lowest BCUT2D eigenvalue weighted by atomic mass is 10.5. The van der Waals surface area contributed by atoms with Crippen LogP contribution in [0.25, 0.3) is 0 Å². The van der Waals surface area contributed by atoms with Gasteiger partial charge in [0.25, 0.3) is 10.0 Å². The largest absolute Gasteiger partial charge is 0.264 e. The van der Waals surface area contributed by atoms with Gasteiger partial charge in [0.1, 0.15) is 10.7 Å². The minimum atomic E-state index is -3.59. The lowest BCUT2D eigenvalue weighted by Crippen LogP contribution is -2.13. The Bertz CT molecular complexity index is 683. The molecule has 18 heavy (non-hydrogen) atoms. The van der Waals surface area contributed by atoms with Gasteiger partial charge in [0, 0.05) is 15.5 Å². The van der Waals surface area contributed by atoms with Gasteiger partial charge in [-0.3, -0.25) is 4.72 Å². The van der Waals surface area contributed by atoms with Gasteiger partial charge < -0.3 is 0 Å². The van der Waals surface area contributed by atoms with Crippen LogP contribution >= 0.6 is 43.2 Å². The van der Waals surface area contributed by atoms with Gasteiger partial charge in [-0.2, -0.15) is 0 Å². The molecule has 0 aliphatic carbocycles. The molecule has 2 aromatic heterocycles. The second kappa shape index (κ2) is 5.28. The zero-order valence-electron chi connectivity index (χ0n) is 9.15. The molecule has 0 aliphatic heterocycles. The quantitative estimate of drug-likeness (QED) is 0.835. The summed E-state index contributed by atoms with van der Waals surface area (Å²) in [5.74, 6) is 0.283. The molecule has 0 saturated carbocycles. The number of anilines is 1. The summed E-state index contributed by atoms with van der Waals surface area (Å²) in [5.41, 5.74) is 0. The summed E-state index contributed by atoms with van der Waals surface area (Å²) in [7, 11) is -3.59. The predicted molar refractivity (Wildman–Crippen MR) is 79.5 cm³/mol. The van der Waals surface area contributed by atoms with Crippen molar-refractivity contribution in [1.29, 1.82) is 0 Å². The molecule has 8 heteroatoms. The molecule has 4 nitrogen and oxygen atoms in total. The van der Waals surface area contributed by atoms with Gasteiger partial charge in [-0.05, 0) is 41.1 Å². The maximum atomic E-state index is 12.2. The minimum Gasteiger partial charge on any atom is -0.263 e. The van der Waals surface area contributed by atoms with Gasteiger partial charge >= 0.3 is 0 Å². The monoisotopic (exact) mass is 410 g/mol.